The lowest BCUT2D eigenvalue weighted by atomic mass is 10.0. The minimum absolute atomic E-state index is 0.0178. The summed E-state index contributed by atoms with van der Waals surface area (Å²) in [6, 6.07) is 6.85. The molecule has 7 heteroatoms. The van der Waals surface area contributed by atoms with Crippen molar-refractivity contribution >= 4 is 17.2 Å². The smallest absolute Gasteiger partial charge is 0.304 e. The van der Waals surface area contributed by atoms with Crippen LogP contribution in [0.15, 0.2) is 34.4 Å². The Bertz CT molecular complexity index is 662. The fraction of sp³-hybridized carbons (Fsp3) is 0.286. The standard InChI is InChI=1S/C14H16N2O4S/c1-8(17)15-6-12(18)13(19)10-4-2-9(3-5-10)11-7-21-14(20)16-11/h2-5,7,12-13,18-19H,6H2,1H3,(H,15,17)(H,16,20). The van der Waals surface area contributed by atoms with E-state index in [4.69, 9.17) is 0 Å². The van der Waals surface area contributed by atoms with Crippen molar-refractivity contribution in [1.82, 2.24) is 10.3 Å². The molecule has 2 atom stereocenters. The number of nitrogens with one attached hydrogen (secondary N) is 2. The Morgan fingerprint density at radius 1 is 1.33 bits per heavy atom. The Morgan fingerprint density at radius 3 is 2.52 bits per heavy atom. The van der Waals surface area contributed by atoms with Crippen molar-refractivity contribution in [2.24, 2.45) is 0 Å². The summed E-state index contributed by atoms with van der Waals surface area (Å²) in [5.41, 5.74) is 2.07. The zero-order chi connectivity index (χ0) is 15.4. The van der Waals surface area contributed by atoms with Crippen LogP contribution in [0, 0.1) is 0 Å². The quantitative estimate of drug-likeness (QED) is 0.650. The molecule has 0 aliphatic rings. The number of thiazole rings is 1. The van der Waals surface area contributed by atoms with Gasteiger partial charge in [0.25, 0.3) is 0 Å². The van der Waals surface area contributed by atoms with Crippen LogP contribution in [0.3, 0.4) is 0 Å². The van der Waals surface area contributed by atoms with Gasteiger partial charge in [0.1, 0.15) is 12.2 Å². The van der Waals surface area contributed by atoms with Gasteiger partial charge in [-0.1, -0.05) is 35.6 Å². The topological polar surface area (TPSA) is 102 Å². The summed E-state index contributed by atoms with van der Waals surface area (Å²) >= 11 is 1.08. The molecule has 4 N–H and O–H groups in total. The van der Waals surface area contributed by atoms with Gasteiger partial charge in [-0.3, -0.25) is 9.59 Å². The first-order chi connectivity index (χ1) is 9.97. The van der Waals surface area contributed by atoms with Crippen molar-refractivity contribution < 1.29 is 15.0 Å². The van der Waals surface area contributed by atoms with E-state index in [0.29, 0.717) is 11.3 Å². The molecule has 1 aromatic carbocycles. The number of aromatic amines is 1. The second kappa shape index (κ2) is 6.66. The van der Waals surface area contributed by atoms with Crippen molar-refractivity contribution in [2.75, 3.05) is 6.54 Å². The molecule has 0 radical (unpaired) electrons. The van der Waals surface area contributed by atoms with Crippen molar-refractivity contribution in [3.05, 3.63) is 44.9 Å². The monoisotopic (exact) mass is 308 g/mol. The molecule has 0 saturated carbocycles. The molecule has 1 aromatic heterocycles. The number of benzene rings is 1. The fourth-order valence-electron chi connectivity index (χ4n) is 1.86. The number of aliphatic hydroxyl groups is 2. The van der Waals surface area contributed by atoms with E-state index in [1.54, 1.807) is 29.6 Å². The zero-order valence-corrected chi connectivity index (χ0v) is 12.2. The lowest BCUT2D eigenvalue weighted by Gasteiger charge is -2.18. The molecule has 0 spiro atoms. The van der Waals surface area contributed by atoms with Crippen LogP contribution in [-0.2, 0) is 4.79 Å². The van der Waals surface area contributed by atoms with Crippen LogP contribution in [0.25, 0.3) is 11.3 Å². The lowest BCUT2D eigenvalue weighted by molar-refractivity contribution is -0.119. The fourth-order valence-corrected chi connectivity index (χ4v) is 2.45. The van der Waals surface area contributed by atoms with Crippen molar-refractivity contribution in [1.29, 1.82) is 0 Å². The van der Waals surface area contributed by atoms with Crippen molar-refractivity contribution in [3.63, 3.8) is 0 Å². The maximum atomic E-state index is 11.1. The highest BCUT2D eigenvalue weighted by molar-refractivity contribution is 7.07. The Kier molecular flexibility index (Phi) is 4.89. The van der Waals surface area contributed by atoms with Crippen molar-refractivity contribution in [2.45, 2.75) is 19.1 Å². The van der Waals surface area contributed by atoms with Gasteiger partial charge >= 0.3 is 4.87 Å². The molecule has 0 saturated heterocycles. The van der Waals surface area contributed by atoms with Crippen LogP contribution < -0.4 is 10.2 Å². The number of aliphatic hydroxyl groups excluding tert-OH is 2. The predicted octanol–water partition coefficient (Wildman–Crippen LogP) is 0.634. The van der Waals surface area contributed by atoms with E-state index in [9.17, 15) is 19.8 Å². The number of carbonyl (C=O) groups is 1. The molecule has 112 valence electrons. The van der Waals surface area contributed by atoms with E-state index >= 15 is 0 Å². The predicted molar refractivity (Wildman–Crippen MR) is 80.0 cm³/mol. The van der Waals surface area contributed by atoms with Crippen LogP contribution in [0.1, 0.15) is 18.6 Å². The lowest BCUT2D eigenvalue weighted by Crippen LogP contribution is -2.34. The molecule has 2 unspecified atom stereocenters. The molecule has 6 nitrogen and oxygen atoms in total. The van der Waals surface area contributed by atoms with Crippen LogP contribution in [0.4, 0.5) is 0 Å². The number of amides is 1. The highest BCUT2D eigenvalue weighted by Crippen LogP contribution is 2.22. The number of H-pyrrole nitrogens is 1. The molecule has 2 aromatic rings. The average Bonchev–Trinajstić information content (AvgIpc) is 2.90. The number of carbonyl (C=O) groups excluding carboxylic acids is 1. The maximum absolute atomic E-state index is 11.1. The maximum Gasteiger partial charge on any atom is 0.304 e. The third kappa shape index (κ3) is 4.01. The summed E-state index contributed by atoms with van der Waals surface area (Å²) in [4.78, 5) is 24.5. The Morgan fingerprint density at radius 2 is 2.00 bits per heavy atom. The van der Waals surface area contributed by atoms with Gasteiger partial charge in [0.2, 0.25) is 5.91 Å². The molecule has 0 fully saturated rings. The Balaban J connectivity index is 2.07. The third-order valence-corrected chi connectivity index (χ3v) is 3.68. The summed E-state index contributed by atoms with van der Waals surface area (Å²) in [7, 11) is 0. The molecule has 1 heterocycles. The van der Waals surface area contributed by atoms with Gasteiger partial charge in [-0.15, -0.1) is 0 Å². The van der Waals surface area contributed by atoms with E-state index in [1.807, 2.05) is 0 Å². The van der Waals surface area contributed by atoms with Gasteiger partial charge in [-0.2, -0.15) is 0 Å². The molecular weight excluding hydrogens is 292 g/mol. The molecule has 0 aliphatic carbocycles. The minimum Gasteiger partial charge on any atom is -0.388 e. The van der Waals surface area contributed by atoms with E-state index in [2.05, 4.69) is 10.3 Å². The molecular formula is C14H16N2O4S. The second-order valence-electron chi connectivity index (χ2n) is 4.63. The van der Waals surface area contributed by atoms with Gasteiger partial charge in [0.05, 0.1) is 5.69 Å². The summed E-state index contributed by atoms with van der Waals surface area (Å²) in [5, 5.41) is 24.0. The first-order valence-electron chi connectivity index (χ1n) is 6.36. The number of hydrogen-bond donors (Lipinski definition) is 4. The normalized spacial score (nSPS) is 13.7. The van der Waals surface area contributed by atoms with Gasteiger partial charge in [0.15, 0.2) is 0 Å². The number of aromatic nitrogens is 1. The van der Waals surface area contributed by atoms with Crippen LogP contribution in [0.5, 0.6) is 0 Å². The molecule has 1 amide bonds. The van der Waals surface area contributed by atoms with Gasteiger partial charge in [0, 0.05) is 18.8 Å². The van der Waals surface area contributed by atoms with Crippen LogP contribution in [-0.4, -0.2) is 33.8 Å². The van der Waals surface area contributed by atoms with E-state index in [0.717, 1.165) is 16.9 Å². The Labute approximate surface area is 125 Å². The minimum atomic E-state index is -1.09. The summed E-state index contributed by atoms with van der Waals surface area (Å²) in [6.45, 7) is 1.33. The first-order valence-corrected chi connectivity index (χ1v) is 7.24. The third-order valence-electron chi connectivity index (χ3n) is 3.01. The average molecular weight is 308 g/mol. The first kappa shape index (κ1) is 15.4. The molecule has 2 rings (SSSR count). The van der Waals surface area contributed by atoms with Gasteiger partial charge in [-0.05, 0) is 11.1 Å². The largest absolute Gasteiger partial charge is 0.388 e. The second-order valence-corrected chi connectivity index (χ2v) is 5.48. The Hall–Kier alpha value is -1.96. The zero-order valence-electron chi connectivity index (χ0n) is 11.4. The molecule has 0 bridgehead atoms. The number of hydrogen-bond acceptors (Lipinski definition) is 5. The van der Waals surface area contributed by atoms with Crippen molar-refractivity contribution in [3.8, 4) is 11.3 Å². The molecule has 21 heavy (non-hydrogen) atoms. The highest BCUT2D eigenvalue weighted by atomic mass is 32.1. The number of rotatable bonds is 5. The van der Waals surface area contributed by atoms with E-state index < -0.39 is 12.2 Å². The van der Waals surface area contributed by atoms with E-state index in [-0.39, 0.29) is 17.3 Å². The van der Waals surface area contributed by atoms with Crippen LogP contribution in [0.2, 0.25) is 0 Å². The van der Waals surface area contributed by atoms with Crippen LogP contribution >= 0.6 is 11.3 Å². The molecule has 0 aliphatic heterocycles. The summed E-state index contributed by atoms with van der Waals surface area (Å²) in [5.74, 6) is -0.266. The highest BCUT2D eigenvalue weighted by Gasteiger charge is 2.18. The van der Waals surface area contributed by atoms with E-state index in [1.165, 1.54) is 6.92 Å². The van der Waals surface area contributed by atoms with Gasteiger partial charge in [-0.25, -0.2) is 0 Å². The SMILES string of the molecule is CC(=O)NCC(O)C(O)c1ccc(-c2csc(=O)[nH]2)cc1. The van der Waals surface area contributed by atoms with Gasteiger partial charge < -0.3 is 20.5 Å². The summed E-state index contributed by atoms with van der Waals surface area (Å²) in [6.07, 6.45) is -2.17. The summed E-state index contributed by atoms with van der Waals surface area (Å²) < 4.78 is 0.